The minimum absolute atomic E-state index is 0.0417. The number of amides is 1. The zero-order valence-corrected chi connectivity index (χ0v) is 31.7. The largest absolute Gasteiger partial charge is 0.446 e. The van der Waals surface area contributed by atoms with Crippen LogP contribution in [-0.4, -0.2) is 62.3 Å². The second kappa shape index (κ2) is 17.3. The van der Waals surface area contributed by atoms with Crippen LogP contribution in [0.25, 0.3) is 0 Å². The Morgan fingerprint density at radius 2 is 1.66 bits per heavy atom. The number of nitrogens with one attached hydrogen (secondary N) is 1. The van der Waals surface area contributed by atoms with Crippen LogP contribution in [0.2, 0.25) is 0 Å². The van der Waals surface area contributed by atoms with Crippen LogP contribution in [0.1, 0.15) is 126 Å². The normalized spacial score (nSPS) is 33.8. The Balaban J connectivity index is 1.13. The smallest absolute Gasteiger partial charge is 0.407 e. The fourth-order valence-corrected chi connectivity index (χ4v) is 10.6. The van der Waals surface area contributed by atoms with Gasteiger partial charge in [0, 0.05) is 19.6 Å². The molecule has 3 fully saturated rings. The standard InChI is InChI=1S/C38H68NO7P/c1-27(2)10-8-11-29(5)33-14-15-34-32-13-12-30-26-31(16-18-37(30,6)35(32)17-19-38(33,34)7)46-36(40)39-20-9-21-43-22-23-44-24-25-45-47(41,42)28(3)4/h12,27-29,31-35H,8-11,13-26H2,1-7H3,(H,39,40)(H,41,42). The van der Waals surface area contributed by atoms with Gasteiger partial charge in [-0.15, -0.1) is 0 Å². The summed E-state index contributed by atoms with van der Waals surface area (Å²) >= 11 is 0. The Bertz CT molecular complexity index is 1080. The van der Waals surface area contributed by atoms with E-state index in [-0.39, 0.29) is 30.8 Å². The predicted molar refractivity (Wildman–Crippen MR) is 188 cm³/mol. The van der Waals surface area contributed by atoms with Gasteiger partial charge in [0.05, 0.1) is 32.1 Å². The lowest BCUT2D eigenvalue weighted by atomic mass is 9.47. The molecule has 9 atom stereocenters. The van der Waals surface area contributed by atoms with E-state index in [0.29, 0.717) is 38.2 Å². The number of hydrogen-bond donors (Lipinski definition) is 2. The Morgan fingerprint density at radius 3 is 2.38 bits per heavy atom. The van der Waals surface area contributed by atoms with E-state index in [2.05, 4.69) is 46.0 Å². The van der Waals surface area contributed by atoms with Crippen LogP contribution in [0.3, 0.4) is 0 Å². The van der Waals surface area contributed by atoms with Crippen molar-refractivity contribution < 1.29 is 33.0 Å². The number of fused-ring (bicyclic) bond motifs is 5. The van der Waals surface area contributed by atoms with E-state index in [1.165, 1.54) is 51.4 Å². The minimum Gasteiger partial charge on any atom is -0.446 e. The molecule has 0 spiro atoms. The van der Waals surface area contributed by atoms with Gasteiger partial charge in [0.1, 0.15) is 6.10 Å². The van der Waals surface area contributed by atoms with Gasteiger partial charge in [-0.1, -0.05) is 79.4 Å². The average molecular weight is 682 g/mol. The van der Waals surface area contributed by atoms with E-state index in [0.717, 1.165) is 54.8 Å². The molecule has 4 aliphatic carbocycles. The number of carbonyl (C=O) groups excluding carboxylic acids is 1. The molecule has 0 aromatic rings. The van der Waals surface area contributed by atoms with Crippen molar-refractivity contribution in [1.82, 2.24) is 5.32 Å². The lowest BCUT2D eigenvalue weighted by Crippen LogP contribution is -2.51. The molecule has 0 bridgehead atoms. The van der Waals surface area contributed by atoms with Gasteiger partial charge in [-0.2, -0.15) is 0 Å². The summed E-state index contributed by atoms with van der Waals surface area (Å²) < 4.78 is 33.6. The molecule has 1 amide bonds. The Morgan fingerprint density at radius 1 is 0.936 bits per heavy atom. The molecule has 0 aromatic heterocycles. The zero-order valence-electron chi connectivity index (χ0n) is 30.8. The van der Waals surface area contributed by atoms with Crippen LogP contribution in [0.15, 0.2) is 11.6 Å². The van der Waals surface area contributed by atoms with Crippen LogP contribution in [0.4, 0.5) is 4.79 Å². The maximum atomic E-state index is 12.6. The number of rotatable bonds is 18. The molecular weight excluding hydrogens is 613 g/mol. The quantitative estimate of drug-likeness (QED) is 0.0845. The highest BCUT2D eigenvalue weighted by molar-refractivity contribution is 7.53. The predicted octanol–water partition coefficient (Wildman–Crippen LogP) is 9.16. The van der Waals surface area contributed by atoms with Crippen molar-refractivity contribution in [1.29, 1.82) is 0 Å². The summed E-state index contributed by atoms with van der Waals surface area (Å²) in [7, 11) is -3.55. The molecule has 0 saturated heterocycles. The lowest BCUT2D eigenvalue weighted by Gasteiger charge is -2.58. The van der Waals surface area contributed by atoms with Crippen LogP contribution < -0.4 is 5.32 Å². The number of hydrogen-bond acceptors (Lipinski definition) is 6. The first-order chi connectivity index (χ1) is 22.3. The van der Waals surface area contributed by atoms with E-state index in [1.807, 2.05) is 0 Å². The topological polar surface area (TPSA) is 103 Å². The molecule has 3 saturated carbocycles. The minimum atomic E-state index is -3.55. The number of ether oxygens (including phenoxy) is 3. The number of allylic oxidation sites excluding steroid dienone is 1. The van der Waals surface area contributed by atoms with Gasteiger partial charge < -0.3 is 28.9 Å². The van der Waals surface area contributed by atoms with E-state index < -0.39 is 13.3 Å². The fraction of sp³-hybridized carbons (Fsp3) is 0.921. The van der Waals surface area contributed by atoms with Gasteiger partial charge >= 0.3 is 13.7 Å². The maximum absolute atomic E-state index is 12.6. The fourth-order valence-electron chi connectivity index (χ4n) is 10.0. The second-order valence-electron chi connectivity index (χ2n) is 16.6. The monoisotopic (exact) mass is 681 g/mol. The first-order valence-corrected chi connectivity index (χ1v) is 20.7. The number of carbonyl (C=O) groups is 1. The highest BCUT2D eigenvalue weighted by atomic mass is 31.2. The summed E-state index contributed by atoms with van der Waals surface area (Å²) in [5.74, 6) is 4.99. The Kier molecular flexibility index (Phi) is 14.3. The van der Waals surface area contributed by atoms with E-state index >= 15 is 0 Å². The third-order valence-corrected chi connectivity index (χ3v) is 14.7. The third-order valence-electron chi connectivity index (χ3n) is 12.8. The van der Waals surface area contributed by atoms with Crippen molar-refractivity contribution in [2.45, 2.75) is 137 Å². The van der Waals surface area contributed by atoms with Gasteiger partial charge in [0.2, 0.25) is 0 Å². The van der Waals surface area contributed by atoms with Crippen molar-refractivity contribution in [3.05, 3.63) is 11.6 Å². The third kappa shape index (κ3) is 9.87. The first kappa shape index (κ1) is 38.9. The molecule has 4 aliphatic rings. The Hall–Kier alpha value is -0.920. The summed E-state index contributed by atoms with van der Waals surface area (Å²) in [5, 5.41) is 2.90. The number of alkyl carbamates (subject to hydrolysis) is 1. The summed E-state index contributed by atoms with van der Waals surface area (Å²) in [6, 6.07) is 0. The molecule has 0 aliphatic heterocycles. The van der Waals surface area contributed by atoms with Crippen molar-refractivity contribution >= 4 is 13.7 Å². The molecule has 0 heterocycles. The van der Waals surface area contributed by atoms with Gasteiger partial charge in [-0.3, -0.25) is 4.57 Å². The van der Waals surface area contributed by atoms with Crippen LogP contribution in [-0.2, 0) is 23.3 Å². The molecule has 9 unspecified atom stereocenters. The molecule has 272 valence electrons. The second-order valence-corrected chi connectivity index (χ2v) is 19.0. The molecule has 9 heteroatoms. The highest BCUT2D eigenvalue weighted by Gasteiger charge is 2.59. The molecule has 8 nitrogen and oxygen atoms in total. The summed E-state index contributed by atoms with van der Waals surface area (Å²) in [5.41, 5.74) is 1.89. The molecule has 4 rings (SSSR count). The van der Waals surface area contributed by atoms with Gasteiger partial charge in [-0.05, 0) is 97.7 Å². The van der Waals surface area contributed by atoms with Crippen molar-refractivity contribution in [2.75, 3.05) is 39.6 Å². The van der Waals surface area contributed by atoms with Crippen molar-refractivity contribution in [3.63, 3.8) is 0 Å². The maximum Gasteiger partial charge on any atom is 0.407 e. The van der Waals surface area contributed by atoms with Crippen molar-refractivity contribution in [3.8, 4) is 0 Å². The van der Waals surface area contributed by atoms with E-state index in [4.69, 9.17) is 18.7 Å². The summed E-state index contributed by atoms with van der Waals surface area (Å²) in [6.07, 6.45) is 16.8. The molecule has 47 heavy (non-hydrogen) atoms. The molecular formula is C38H68NO7P. The summed E-state index contributed by atoms with van der Waals surface area (Å²) in [6.45, 7) is 17.9. The van der Waals surface area contributed by atoms with Crippen LogP contribution >= 0.6 is 7.60 Å². The average Bonchev–Trinajstić information content (AvgIpc) is 3.37. The van der Waals surface area contributed by atoms with E-state index in [9.17, 15) is 14.3 Å². The molecule has 2 N–H and O–H groups in total. The SMILES string of the molecule is CC(C)CCCC(C)C1CCC2C3CC=C4CC(OC(=O)NCCCOCCOCCOP(=O)(O)C(C)C)CCC4(C)C3CCC12C. The first-order valence-electron chi connectivity index (χ1n) is 19.0. The molecule has 0 radical (unpaired) electrons. The van der Waals surface area contributed by atoms with Crippen LogP contribution in [0, 0.1) is 46.3 Å². The zero-order chi connectivity index (χ0) is 34.2. The van der Waals surface area contributed by atoms with Crippen LogP contribution in [0.5, 0.6) is 0 Å². The van der Waals surface area contributed by atoms with Gasteiger partial charge in [0.25, 0.3) is 0 Å². The van der Waals surface area contributed by atoms with Crippen molar-refractivity contribution in [2.24, 2.45) is 46.3 Å². The van der Waals surface area contributed by atoms with Gasteiger partial charge in [0.15, 0.2) is 0 Å². The van der Waals surface area contributed by atoms with E-state index in [1.54, 1.807) is 19.4 Å². The summed E-state index contributed by atoms with van der Waals surface area (Å²) in [4.78, 5) is 22.2. The highest BCUT2D eigenvalue weighted by Crippen LogP contribution is 2.67. The lowest BCUT2D eigenvalue weighted by molar-refractivity contribution is -0.0581. The Labute approximate surface area is 286 Å². The van der Waals surface area contributed by atoms with Gasteiger partial charge in [-0.25, -0.2) is 4.79 Å². The molecule has 0 aromatic carbocycles.